The maximum Gasteiger partial charge on any atom is 0.0897 e. The number of aliphatic hydroxyl groups excluding tert-OH is 1. The predicted octanol–water partition coefficient (Wildman–Crippen LogP) is 2.72. The van der Waals surface area contributed by atoms with E-state index in [2.05, 4.69) is 27.8 Å². The molecule has 0 bridgehead atoms. The second-order valence-electron chi connectivity index (χ2n) is 3.91. The van der Waals surface area contributed by atoms with Crippen LogP contribution in [0.5, 0.6) is 0 Å². The summed E-state index contributed by atoms with van der Waals surface area (Å²) >= 11 is 9.22. The van der Waals surface area contributed by atoms with Crippen molar-refractivity contribution < 1.29 is 9.84 Å². The second-order valence-corrected chi connectivity index (χ2v) is 5.44. The smallest absolute Gasteiger partial charge is 0.0897 e. The Morgan fingerprint density at radius 1 is 1.50 bits per heavy atom. The summed E-state index contributed by atoms with van der Waals surface area (Å²) in [5.74, 6) is 0. The van der Waals surface area contributed by atoms with Gasteiger partial charge in [0.1, 0.15) is 0 Å². The van der Waals surface area contributed by atoms with Crippen molar-refractivity contribution in [2.45, 2.75) is 12.7 Å². The summed E-state index contributed by atoms with van der Waals surface area (Å²) in [5, 5.41) is 13.4. The first-order chi connectivity index (χ1) is 8.59. The average molecular weight is 335 g/mol. The Balaban J connectivity index is 2.17. The van der Waals surface area contributed by atoms with Crippen molar-refractivity contribution >= 4 is 27.5 Å². The second kappa shape index (κ2) is 8.67. The van der Waals surface area contributed by atoms with Gasteiger partial charge in [-0.15, -0.1) is 0 Å². The Kier molecular flexibility index (Phi) is 7.54. The summed E-state index contributed by atoms with van der Waals surface area (Å²) in [6, 6.07) is 7.50. The molecule has 0 amide bonds. The quantitative estimate of drug-likeness (QED) is 0.768. The third-order valence-electron chi connectivity index (χ3n) is 2.22. The highest BCUT2D eigenvalue weighted by Gasteiger charge is 2.05. The van der Waals surface area contributed by atoms with Gasteiger partial charge < -0.3 is 15.2 Å². The van der Waals surface area contributed by atoms with Crippen LogP contribution in [0.3, 0.4) is 0 Å². The zero-order valence-electron chi connectivity index (χ0n) is 10.0. The van der Waals surface area contributed by atoms with E-state index in [0.717, 1.165) is 10.0 Å². The maximum atomic E-state index is 9.64. The van der Waals surface area contributed by atoms with Crippen LogP contribution in [0.1, 0.15) is 5.56 Å². The van der Waals surface area contributed by atoms with Gasteiger partial charge >= 0.3 is 0 Å². The minimum Gasteiger partial charge on any atom is -0.389 e. The molecular weight excluding hydrogens is 318 g/mol. The summed E-state index contributed by atoms with van der Waals surface area (Å²) in [4.78, 5) is 0. The van der Waals surface area contributed by atoms with Crippen molar-refractivity contribution in [3.8, 4) is 0 Å². The molecule has 5 heteroatoms. The fourth-order valence-electron chi connectivity index (χ4n) is 1.35. The van der Waals surface area contributed by atoms with Gasteiger partial charge in [-0.1, -0.05) is 52.3 Å². The average Bonchev–Trinajstić information content (AvgIpc) is 2.31. The van der Waals surface area contributed by atoms with E-state index in [0.29, 0.717) is 24.7 Å². The summed E-state index contributed by atoms with van der Waals surface area (Å²) in [7, 11) is 0. The van der Waals surface area contributed by atoms with E-state index >= 15 is 0 Å². The van der Waals surface area contributed by atoms with Gasteiger partial charge in [-0.25, -0.2) is 0 Å². The minimum absolute atomic E-state index is 0.271. The zero-order valence-corrected chi connectivity index (χ0v) is 12.4. The molecule has 2 N–H and O–H groups in total. The van der Waals surface area contributed by atoms with E-state index in [1.54, 1.807) is 0 Å². The van der Waals surface area contributed by atoms with Gasteiger partial charge in [0.15, 0.2) is 0 Å². The zero-order chi connectivity index (χ0) is 13.4. The molecule has 18 heavy (non-hydrogen) atoms. The van der Waals surface area contributed by atoms with E-state index in [4.69, 9.17) is 16.3 Å². The SMILES string of the molecule is C=C(Br)CNCC(O)COCc1ccccc1Cl. The van der Waals surface area contributed by atoms with Gasteiger partial charge in [0, 0.05) is 22.6 Å². The van der Waals surface area contributed by atoms with Crippen LogP contribution in [0, 0.1) is 0 Å². The van der Waals surface area contributed by atoms with Crippen LogP contribution in [0.4, 0.5) is 0 Å². The van der Waals surface area contributed by atoms with E-state index < -0.39 is 6.10 Å². The number of aliphatic hydroxyl groups is 1. The Hall–Kier alpha value is -0.390. The maximum absolute atomic E-state index is 9.64. The summed E-state index contributed by atoms with van der Waals surface area (Å²) in [5.41, 5.74) is 0.924. The highest BCUT2D eigenvalue weighted by molar-refractivity contribution is 9.11. The molecule has 0 aromatic heterocycles. The van der Waals surface area contributed by atoms with E-state index in [1.165, 1.54) is 0 Å². The minimum atomic E-state index is -0.542. The molecule has 0 aliphatic rings. The van der Waals surface area contributed by atoms with Gasteiger partial charge in [-0.05, 0) is 11.6 Å². The molecule has 1 aromatic carbocycles. The van der Waals surface area contributed by atoms with Crippen LogP contribution in [-0.2, 0) is 11.3 Å². The first-order valence-corrected chi connectivity index (χ1v) is 6.80. The Bertz CT molecular complexity index is 387. The van der Waals surface area contributed by atoms with Gasteiger partial charge in [-0.3, -0.25) is 0 Å². The molecule has 1 aromatic rings. The topological polar surface area (TPSA) is 41.5 Å². The largest absolute Gasteiger partial charge is 0.389 e. The predicted molar refractivity (Wildman–Crippen MR) is 78.1 cm³/mol. The molecule has 0 radical (unpaired) electrons. The van der Waals surface area contributed by atoms with Crippen molar-refractivity contribution in [2.24, 2.45) is 0 Å². The third-order valence-corrected chi connectivity index (χ3v) is 2.87. The van der Waals surface area contributed by atoms with Crippen LogP contribution in [0.25, 0.3) is 0 Å². The van der Waals surface area contributed by atoms with E-state index in [-0.39, 0.29) is 6.61 Å². The summed E-state index contributed by atoms with van der Waals surface area (Å²) in [6.45, 7) is 5.46. The first-order valence-electron chi connectivity index (χ1n) is 5.63. The van der Waals surface area contributed by atoms with Crippen molar-refractivity contribution in [3.05, 3.63) is 45.9 Å². The summed E-state index contributed by atoms with van der Waals surface area (Å²) < 4.78 is 6.26. The van der Waals surface area contributed by atoms with E-state index in [1.807, 2.05) is 24.3 Å². The molecule has 0 spiro atoms. The normalized spacial score (nSPS) is 12.4. The van der Waals surface area contributed by atoms with Crippen LogP contribution in [0.2, 0.25) is 5.02 Å². The molecule has 100 valence electrons. The standard InChI is InChI=1S/C13H17BrClNO2/c1-10(14)6-16-7-12(17)9-18-8-11-4-2-3-5-13(11)15/h2-5,12,16-17H,1,6-9H2. The summed E-state index contributed by atoms with van der Waals surface area (Å²) in [6.07, 6.45) is -0.542. The van der Waals surface area contributed by atoms with Crippen LogP contribution < -0.4 is 5.32 Å². The molecule has 3 nitrogen and oxygen atoms in total. The molecular formula is C13H17BrClNO2. The Morgan fingerprint density at radius 2 is 2.22 bits per heavy atom. The highest BCUT2D eigenvalue weighted by atomic mass is 79.9. The molecule has 0 saturated carbocycles. The highest BCUT2D eigenvalue weighted by Crippen LogP contribution is 2.15. The van der Waals surface area contributed by atoms with Crippen LogP contribution in [0.15, 0.2) is 35.3 Å². The monoisotopic (exact) mass is 333 g/mol. The number of benzene rings is 1. The lowest BCUT2D eigenvalue weighted by molar-refractivity contribution is 0.0293. The molecule has 0 aliphatic carbocycles. The van der Waals surface area contributed by atoms with Crippen LogP contribution >= 0.6 is 27.5 Å². The van der Waals surface area contributed by atoms with Crippen molar-refractivity contribution in [2.75, 3.05) is 19.7 Å². The van der Waals surface area contributed by atoms with Gasteiger partial charge in [0.25, 0.3) is 0 Å². The molecule has 0 heterocycles. The van der Waals surface area contributed by atoms with Gasteiger partial charge in [0.05, 0.1) is 19.3 Å². The van der Waals surface area contributed by atoms with Gasteiger partial charge in [0.2, 0.25) is 0 Å². The molecule has 1 atom stereocenters. The Labute approximate surface area is 121 Å². The number of halogens is 2. The lowest BCUT2D eigenvalue weighted by Gasteiger charge is -2.12. The van der Waals surface area contributed by atoms with Crippen molar-refractivity contribution in [1.29, 1.82) is 0 Å². The number of hydrogen-bond donors (Lipinski definition) is 2. The molecule has 0 saturated heterocycles. The van der Waals surface area contributed by atoms with Crippen LogP contribution in [-0.4, -0.2) is 30.9 Å². The molecule has 0 aliphatic heterocycles. The molecule has 1 rings (SSSR count). The fraction of sp³-hybridized carbons (Fsp3) is 0.385. The van der Waals surface area contributed by atoms with Gasteiger partial charge in [-0.2, -0.15) is 0 Å². The lowest BCUT2D eigenvalue weighted by Crippen LogP contribution is -2.31. The molecule has 0 fully saturated rings. The first kappa shape index (κ1) is 15.7. The van der Waals surface area contributed by atoms with Crippen molar-refractivity contribution in [3.63, 3.8) is 0 Å². The fourth-order valence-corrected chi connectivity index (χ4v) is 1.74. The number of rotatable bonds is 8. The number of nitrogens with one attached hydrogen (secondary N) is 1. The Morgan fingerprint density at radius 3 is 2.89 bits per heavy atom. The number of ether oxygens (including phenoxy) is 1. The number of hydrogen-bond acceptors (Lipinski definition) is 3. The molecule has 1 unspecified atom stereocenters. The third kappa shape index (κ3) is 6.52. The lowest BCUT2D eigenvalue weighted by atomic mass is 10.2. The van der Waals surface area contributed by atoms with Crippen molar-refractivity contribution in [1.82, 2.24) is 5.32 Å². The van der Waals surface area contributed by atoms with E-state index in [9.17, 15) is 5.11 Å².